The molecule has 0 aliphatic carbocycles. The van der Waals surface area contributed by atoms with Gasteiger partial charge in [-0.1, -0.05) is 54.4 Å². The zero-order valence-electron chi connectivity index (χ0n) is 12.5. The second-order valence-electron chi connectivity index (χ2n) is 5.34. The molecule has 3 heteroatoms. The molecule has 0 fully saturated rings. The molecule has 1 unspecified atom stereocenters. The van der Waals surface area contributed by atoms with Crippen LogP contribution in [0.4, 0.5) is 4.39 Å². The largest absolute Gasteiger partial charge is 0.310 e. The van der Waals surface area contributed by atoms with Gasteiger partial charge in [0.1, 0.15) is 5.82 Å². The van der Waals surface area contributed by atoms with Crippen LogP contribution in [0.1, 0.15) is 36.1 Å². The minimum absolute atomic E-state index is 0.111. The lowest BCUT2D eigenvalue weighted by Gasteiger charge is -2.21. The summed E-state index contributed by atoms with van der Waals surface area (Å²) < 4.78 is 14.2. The van der Waals surface area contributed by atoms with Gasteiger partial charge in [-0.15, -0.1) is 0 Å². The highest BCUT2D eigenvalue weighted by Crippen LogP contribution is 2.28. The van der Waals surface area contributed by atoms with Crippen LogP contribution in [0, 0.1) is 12.7 Å². The van der Waals surface area contributed by atoms with Crippen LogP contribution >= 0.6 is 11.6 Å². The molecule has 2 rings (SSSR count). The molecule has 2 aromatic carbocycles. The minimum Gasteiger partial charge on any atom is -0.310 e. The van der Waals surface area contributed by atoms with E-state index < -0.39 is 0 Å². The third kappa shape index (κ3) is 4.29. The van der Waals surface area contributed by atoms with Crippen LogP contribution in [0.25, 0.3) is 0 Å². The third-order valence-electron chi connectivity index (χ3n) is 3.51. The van der Waals surface area contributed by atoms with Crippen molar-refractivity contribution in [1.82, 2.24) is 5.32 Å². The van der Waals surface area contributed by atoms with Crippen LogP contribution < -0.4 is 5.32 Å². The van der Waals surface area contributed by atoms with Crippen LogP contribution in [0.5, 0.6) is 0 Å². The molecule has 0 saturated heterocycles. The van der Waals surface area contributed by atoms with Crippen molar-refractivity contribution in [2.24, 2.45) is 0 Å². The van der Waals surface area contributed by atoms with E-state index >= 15 is 0 Å². The quantitative estimate of drug-likeness (QED) is 0.785. The number of nitrogens with one attached hydrogen (secondary N) is 1. The third-order valence-corrected chi connectivity index (χ3v) is 3.84. The molecule has 1 nitrogen and oxygen atoms in total. The maximum Gasteiger partial charge on any atom is 0.129 e. The average Bonchev–Trinajstić information content (AvgIpc) is 2.44. The van der Waals surface area contributed by atoms with Gasteiger partial charge in [0, 0.05) is 16.6 Å². The highest BCUT2D eigenvalue weighted by molar-refractivity contribution is 6.31. The summed E-state index contributed by atoms with van der Waals surface area (Å²) in [5.74, 6) is -0.247. The number of rotatable bonds is 6. The van der Waals surface area contributed by atoms with E-state index in [0.29, 0.717) is 10.6 Å². The summed E-state index contributed by atoms with van der Waals surface area (Å²) in [6.45, 7) is 4.99. The molecule has 2 aromatic rings. The predicted molar refractivity (Wildman–Crippen MR) is 87.3 cm³/mol. The summed E-state index contributed by atoms with van der Waals surface area (Å²) in [5.41, 5.74) is 2.96. The van der Waals surface area contributed by atoms with Gasteiger partial charge in [-0.3, -0.25) is 0 Å². The van der Waals surface area contributed by atoms with Gasteiger partial charge < -0.3 is 5.32 Å². The first-order valence-electron chi connectivity index (χ1n) is 7.34. The number of benzene rings is 2. The molecule has 21 heavy (non-hydrogen) atoms. The van der Waals surface area contributed by atoms with Crippen molar-refractivity contribution in [3.63, 3.8) is 0 Å². The lowest BCUT2D eigenvalue weighted by Crippen LogP contribution is -2.25. The molecule has 1 N–H and O–H groups in total. The molecule has 0 spiro atoms. The van der Waals surface area contributed by atoms with Crippen molar-refractivity contribution in [1.29, 1.82) is 0 Å². The molecule has 0 aromatic heterocycles. The topological polar surface area (TPSA) is 12.0 Å². The summed E-state index contributed by atoms with van der Waals surface area (Å²) in [6.07, 6.45) is 1.72. The maximum atomic E-state index is 14.2. The van der Waals surface area contributed by atoms with Gasteiger partial charge in [-0.25, -0.2) is 4.39 Å². The molecule has 0 radical (unpaired) electrons. The van der Waals surface area contributed by atoms with Crippen LogP contribution in [0.15, 0.2) is 42.5 Å². The number of halogens is 2. The molecule has 1 atom stereocenters. The number of hydrogen-bond donors (Lipinski definition) is 1. The van der Waals surface area contributed by atoms with Gasteiger partial charge >= 0.3 is 0 Å². The highest BCUT2D eigenvalue weighted by Gasteiger charge is 2.19. The van der Waals surface area contributed by atoms with E-state index in [1.54, 1.807) is 12.1 Å². The predicted octanol–water partition coefficient (Wildman–Crippen LogP) is 5.07. The Kier molecular flexibility index (Phi) is 5.77. The summed E-state index contributed by atoms with van der Waals surface area (Å²) in [7, 11) is 0. The SMILES string of the molecule is CCCNC(Cc1cccc(C)c1)c1c(F)cccc1Cl. The molecule has 0 saturated carbocycles. The van der Waals surface area contributed by atoms with E-state index in [1.165, 1.54) is 17.2 Å². The fourth-order valence-corrected chi connectivity index (χ4v) is 2.81. The van der Waals surface area contributed by atoms with E-state index in [4.69, 9.17) is 11.6 Å². The molecule has 0 bridgehead atoms. The monoisotopic (exact) mass is 305 g/mol. The summed E-state index contributed by atoms with van der Waals surface area (Å²) in [5, 5.41) is 3.89. The second kappa shape index (κ2) is 7.58. The summed E-state index contributed by atoms with van der Waals surface area (Å²) in [4.78, 5) is 0. The van der Waals surface area contributed by atoms with Gasteiger partial charge in [0.15, 0.2) is 0 Å². The van der Waals surface area contributed by atoms with Crippen molar-refractivity contribution in [2.75, 3.05) is 6.54 Å². The van der Waals surface area contributed by atoms with Gasteiger partial charge in [0.25, 0.3) is 0 Å². The fraction of sp³-hybridized carbons (Fsp3) is 0.333. The Balaban J connectivity index is 2.30. The van der Waals surface area contributed by atoms with Crippen molar-refractivity contribution in [3.05, 3.63) is 70.0 Å². The van der Waals surface area contributed by atoms with E-state index in [0.717, 1.165) is 19.4 Å². The Hall–Kier alpha value is -1.38. The van der Waals surface area contributed by atoms with E-state index in [-0.39, 0.29) is 11.9 Å². The Morgan fingerprint density at radius 3 is 2.62 bits per heavy atom. The van der Waals surface area contributed by atoms with E-state index in [2.05, 4.69) is 37.4 Å². The minimum atomic E-state index is -0.247. The van der Waals surface area contributed by atoms with Gasteiger partial charge in [-0.2, -0.15) is 0 Å². The first-order chi connectivity index (χ1) is 10.1. The zero-order valence-corrected chi connectivity index (χ0v) is 13.3. The Bertz CT molecular complexity index is 577. The lowest BCUT2D eigenvalue weighted by atomic mass is 9.97. The van der Waals surface area contributed by atoms with Crippen LogP contribution in [0.3, 0.4) is 0 Å². The van der Waals surface area contributed by atoms with Crippen LogP contribution in [-0.4, -0.2) is 6.54 Å². The smallest absolute Gasteiger partial charge is 0.129 e. The van der Waals surface area contributed by atoms with Crippen molar-refractivity contribution in [2.45, 2.75) is 32.7 Å². The summed E-state index contributed by atoms with van der Waals surface area (Å²) >= 11 is 6.22. The lowest BCUT2D eigenvalue weighted by molar-refractivity contribution is 0.497. The summed E-state index contributed by atoms with van der Waals surface area (Å²) in [6, 6.07) is 13.1. The first kappa shape index (κ1) is 16.0. The van der Waals surface area contributed by atoms with E-state index in [9.17, 15) is 4.39 Å². The number of hydrogen-bond acceptors (Lipinski definition) is 1. The van der Waals surface area contributed by atoms with Crippen molar-refractivity contribution in [3.8, 4) is 0 Å². The van der Waals surface area contributed by atoms with E-state index in [1.807, 2.05) is 6.07 Å². The van der Waals surface area contributed by atoms with Gasteiger partial charge in [0.2, 0.25) is 0 Å². The number of aryl methyl sites for hydroxylation is 1. The Morgan fingerprint density at radius 2 is 1.95 bits per heavy atom. The van der Waals surface area contributed by atoms with Crippen LogP contribution in [-0.2, 0) is 6.42 Å². The Morgan fingerprint density at radius 1 is 1.19 bits per heavy atom. The fourth-order valence-electron chi connectivity index (χ4n) is 2.51. The zero-order chi connectivity index (χ0) is 15.2. The molecule has 0 amide bonds. The second-order valence-corrected chi connectivity index (χ2v) is 5.74. The molecule has 112 valence electrons. The highest BCUT2D eigenvalue weighted by atomic mass is 35.5. The Labute approximate surface area is 131 Å². The van der Waals surface area contributed by atoms with Gasteiger partial charge in [0.05, 0.1) is 0 Å². The molecule has 0 aliphatic rings. The van der Waals surface area contributed by atoms with Crippen molar-refractivity contribution < 1.29 is 4.39 Å². The molecular formula is C18H21ClFN. The van der Waals surface area contributed by atoms with Crippen molar-refractivity contribution >= 4 is 11.6 Å². The maximum absolute atomic E-state index is 14.2. The molecule has 0 aliphatic heterocycles. The van der Waals surface area contributed by atoms with Crippen LogP contribution in [0.2, 0.25) is 5.02 Å². The standard InChI is InChI=1S/C18H21ClFN/c1-3-10-21-17(12-14-7-4-6-13(2)11-14)18-15(19)8-5-9-16(18)20/h4-9,11,17,21H,3,10,12H2,1-2H3. The average molecular weight is 306 g/mol. The first-order valence-corrected chi connectivity index (χ1v) is 7.72. The molecular weight excluding hydrogens is 285 g/mol. The molecule has 0 heterocycles. The van der Waals surface area contributed by atoms with Gasteiger partial charge in [-0.05, 0) is 44.0 Å². The normalized spacial score (nSPS) is 12.4.